The van der Waals surface area contributed by atoms with Gasteiger partial charge in [-0.15, -0.1) is 11.8 Å². The molecule has 1 saturated heterocycles. The second kappa shape index (κ2) is 6.05. The van der Waals surface area contributed by atoms with Crippen LogP contribution in [0.25, 0.3) is 0 Å². The van der Waals surface area contributed by atoms with Gasteiger partial charge in [0.05, 0.1) is 11.1 Å². The average molecular weight is 250 g/mol. The number of carbonyl (C=O) groups excluding carboxylic acids is 1. The summed E-state index contributed by atoms with van der Waals surface area (Å²) in [6.45, 7) is 3.00. The molecule has 0 aromatic carbocycles. The van der Waals surface area contributed by atoms with Gasteiger partial charge in [-0.25, -0.2) is 4.98 Å². The molecule has 2 rings (SSSR count). The van der Waals surface area contributed by atoms with E-state index >= 15 is 0 Å². The van der Waals surface area contributed by atoms with Crippen LogP contribution in [-0.4, -0.2) is 28.6 Å². The van der Waals surface area contributed by atoms with E-state index in [4.69, 9.17) is 0 Å². The van der Waals surface area contributed by atoms with Crippen molar-refractivity contribution < 1.29 is 4.79 Å². The normalized spacial score (nSPS) is 20.3. The Morgan fingerprint density at radius 2 is 2.41 bits per heavy atom. The van der Waals surface area contributed by atoms with Crippen LogP contribution in [0.5, 0.6) is 0 Å². The summed E-state index contributed by atoms with van der Waals surface area (Å²) in [5, 5.41) is 1.06. The van der Waals surface area contributed by atoms with E-state index < -0.39 is 0 Å². The highest BCUT2D eigenvalue weighted by Crippen LogP contribution is 2.29. The summed E-state index contributed by atoms with van der Waals surface area (Å²) in [7, 11) is 0. The fourth-order valence-electron chi connectivity index (χ4n) is 2.26. The van der Waals surface area contributed by atoms with Gasteiger partial charge in [-0.3, -0.25) is 4.79 Å². The maximum atomic E-state index is 11.0. The van der Waals surface area contributed by atoms with Crippen molar-refractivity contribution in [2.75, 3.05) is 12.3 Å². The Labute approximate surface area is 107 Å². The summed E-state index contributed by atoms with van der Waals surface area (Å²) in [6.07, 6.45) is 6.26. The van der Waals surface area contributed by atoms with E-state index in [2.05, 4.69) is 24.0 Å². The quantitative estimate of drug-likeness (QED) is 0.608. The number of hydrogen-bond donors (Lipinski definition) is 0. The Hall–Kier alpha value is -1.03. The van der Waals surface area contributed by atoms with Gasteiger partial charge in [0.15, 0.2) is 0 Å². The van der Waals surface area contributed by atoms with Gasteiger partial charge in [0, 0.05) is 12.7 Å². The van der Waals surface area contributed by atoms with Crippen LogP contribution in [0.1, 0.15) is 37.8 Å². The van der Waals surface area contributed by atoms with Crippen molar-refractivity contribution in [2.24, 2.45) is 0 Å². The zero-order valence-corrected chi connectivity index (χ0v) is 10.9. The third kappa shape index (κ3) is 3.00. The van der Waals surface area contributed by atoms with Crippen LogP contribution in [0.2, 0.25) is 0 Å². The SMILES string of the molecule is CCSc1ccc([C@H]2CCCCN2C=O)cn1. The van der Waals surface area contributed by atoms with Crippen LogP contribution < -0.4 is 0 Å². The molecule has 3 nitrogen and oxygen atoms in total. The van der Waals surface area contributed by atoms with Gasteiger partial charge in [-0.05, 0) is 36.6 Å². The van der Waals surface area contributed by atoms with E-state index in [1.165, 1.54) is 6.42 Å². The van der Waals surface area contributed by atoms with E-state index in [-0.39, 0.29) is 6.04 Å². The first-order valence-corrected chi connectivity index (χ1v) is 7.13. The number of carbonyl (C=O) groups is 1. The number of thioether (sulfide) groups is 1. The van der Waals surface area contributed by atoms with Crippen molar-refractivity contribution in [3.05, 3.63) is 23.9 Å². The first-order valence-electron chi connectivity index (χ1n) is 6.15. The molecule has 4 heteroatoms. The minimum absolute atomic E-state index is 0.231. The van der Waals surface area contributed by atoms with Gasteiger partial charge in [-0.1, -0.05) is 13.0 Å². The highest BCUT2D eigenvalue weighted by molar-refractivity contribution is 7.99. The zero-order chi connectivity index (χ0) is 12.1. The molecule has 2 heterocycles. The van der Waals surface area contributed by atoms with Gasteiger partial charge in [0.25, 0.3) is 0 Å². The second-order valence-corrected chi connectivity index (χ2v) is 5.50. The predicted molar refractivity (Wildman–Crippen MR) is 70.0 cm³/mol. The Morgan fingerprint density at radius 3 is 3.06 bits per heavy atom. The number of aromatic nitrogens is 1. The van der Waals surface area contributed by atoms with Crippen molar-refractivity contribution >= 4 is 18.2 Å². The Bertz CT molecular complexity index is 366. The van der Waals surface area contributed by atoms with E-state index in [0.29, 0.717) is 0 Å². The van der Waals surface area contributed by atoms with E-state index in [9.17, 15) is 4.79 Å². The molecule has 0 unspecified atom stereocenters. The fourth-order valence-corrected chi connectivity index (χ4v) is 2.85. The predicted octanol–water partition coefficient (Wildman–Crippen LogP) is 2.88. The summed E-state index contributed by atoms with van der Waals surface area (Å²) in [6, 6.07) is 4.40. The monoisotopic (exact) mass is 250 g/mol. The van der Waals surface area contributed by atoms with Crippen molar-refractivity contribution in [3.8, 4) is 0 Å². The molecule has 92 valence electrons. The largest absolute Gasteiger partial charge is 0.338 e. The summed E-state index contributed by atoms with van der Waals surface area (Å²) < 4.78 is 0. The molecule has 1 aliphatic heterocycles. The lowest BCUT2D eigenvalue weighted by Gasteiger charge is -2.32. The molecule has 1 aliphatic rings. The number of nitrogens with zero attached hydrogens (tertiary/aromatic N) is 2. The average Bonchev–Trinajstić information content (AvgIpc) is 2.40. The summed E-state index contributed by atoms with van der Waals surface area (Å²) in [4.78, 5) is 17.3. The molecular formula is C13H18N2OS. The van der Waals surface area contributed by atoms with Crippen molar-refractivity contribution in [1.82, 2.24) is 9.88 Å². The van der Waals surface area contributed by atoms with Crippen LogP contribution in [-0.2, 0) is 4.79 Å². The van der Waals surface area contributed by atoms with Crippen molar-refractivity contribution in [2.45, 2.75) is 37.3 Å². The third-order valence-electron chi connectivity index (χ3n) is 3.12. The molecule has 1 aromatic rings. The van der Waals surface area contributed by atoms with Crippen LogP contribution in [0.4, 0.5) is 0 Å². The number of piperidine rings is 1. The zero-order valence-electron chi connectivity index (χ0n) is 10.1. The van der Waals surface area contributed by atoms with Gasteiger partial charge in [0.1, 0.15) is 0 Å². The molecular weight excluding hydrogens is 232 g/mol. The Morgan fingerprint density at radius 1 is 1.53 bits per heavy atom. The van der Waals surface area contributed by atoms with Gasteiger partial charge in [0.2, 0.25) is 6.41 Å². The van der Waals surface area contributed by atoms with Gasteiger partial charge in [-0.2, -0.15) is 0 Å². The number of rotatable bonds is 4. The van der Waals surface area contributed by atoms with Crippen molar-refractivity contribution in [3.63, 3.8) is 0 Å². The second-order valence-electron chi connectivity index (χ2n) is 4.22. The number of likely N-dealkylation sites (tertiary alicyclic amines) is 1. The molecule has 0 spiro atoms. The molecule has 0 aliphatic carbocycles. The lowest BCUT2D eigenvalue weighted by molar-refractivity contribution is -0.121. The summed E-state index contributed by atoms with van der Waals surface area (Å²) >= 11 is 1.74. The number of pyridine rings is 1. The lowest BCUT2D eigenvalue weighted by Crippen LogP contribution is -2.32. The van der Waals surface area contributed by atoms with E-state index in [1.54, 1.807) is 11.8 Å². The number of hydrogen-bond acceptors (Lipinski definition) is 3. The number of amides is 1. The smallest absolute Gasteiger partial charge is 0.210 e. The highest BCUT2D eigenvalue weighted by Gasteiger charge is 2.22. The molecule has 0 bridgehead atoms. The summed E-state index contributed by atoms with van der Waals surface area (Å²) in [5.74, 6) is 1.04. The minimum atomic E-state index is 0.231. The van der Waals surface area contributed by atoms with E-state index in [1.807, 2.05) is 11.1 Å². The minimum Gasteiger partial charge on any atom is -0.338 e. The third-order valence-corrected chi connectivity index (χ3v) is 3.94. The molecule has 1 atom stereocenters. The van der Waals surface area contributed by atoms with Crippen LogP contribution in [0.3, 0.4) is 0 Å². The van der Waals surface area contributed by atoms with Gasteiger partial charge < -0.3 is 4.90 Å². The molecule has 17 heavy (non-hydrogen) atoms. The highest BCUT2D eigenvalue weighted by atomic mass is 32.2. The molecule has 1 fully saturated rings. The lowest BCUT2D eigenvalue weighted by atomic mass is 9.97. The molecule has 1 amide bonds. The Kier molecular flexibility index (Phi) is 4.42. The van der Waals surface area contributed by atoms with E-state index in [0.717, 1.165) is 42.1 Å². The molecule has 0 N–H and O–H groups in total. The Balaban J connectivity index is 2.11. The maximum Gasteiger partial charge on any atom is 0.210 e. The van der Waals surface area contributed by atoms with Crippen LogP contribution in [0, 0.1) is 0 Å². The molecule has 0 radical (unpaired) electrons. The first kappa shape index (κ1) is 12.4. The van der Waals surface area contributed by atoms with Crippen LogP contribution in [0.15, 0.2) is 23.4 Å². The topological polar surface area (TPSA) is 33.2 Å². The van der Waals surface area contributed by atoms with Gasteiger partial charge >= 0.3 is 0 Å². The van der Waals surface area contributed by atoms with Crippen LogP contribution >= 0.6 is 11.8 Å². The first-order chi connectivity index (χ1) is 8.35. The van der Waals surface area contributed by atoms with Crippen molar-refractivity contribution in [1.29, 1.82) is 0 Å². The molecule has 1 aromatic heterocycles. The fraction of sp³-hybridized carbons (Fsp3) is 0.538. The molecule has 0 saturated carbocycles. The maximum absolute atomic E-state index is 11.0. The summed E-state index contributed by atoms with van der Waals surface area (Å²) in [5.41, 5.74) is 1.16. The standard InChI is InChI=1S/C13H18N2OS/c1-2-17-13-7-6-11(9-14-13)12-5-3-4-8-15(12)10-16/h6-7,9-10,12H,2-5,8H2,1H3/t12-/m1/s1.